The van der Waals surface area contributed by atoms with Gasteiger partial charge < -0.3 is 14.7 Å². The average Bonchev–Trinajstić information content (AvgIpc) is 2.66. The maximum Gasteiger partial charge on any atom is 0.407 e. The zero-order valence-corrected chi connectivity index (χ0v) is 16.7. The predicted molar refractivity (Wildman–Crippen MR) is 103 cm³/mol. The van der Waals surface area contributed by atoms with Gasteiger partial charge in [-0.1, -0.05) is 12.1 Å². The normalized spacial score (nSPS) is 24.7. The Labute approximate surface area is 161 Å². The Morgan fingerprint density at radius 1 is 1.07 bits per heavy atom. The zero-order valence-electron chi connectivity index (χ0n) is 15.8. The van der Waals surface area contributed by atoms with Crippen molar-refractivity contribution in [3.63, 3.8) is 0 Å². The molecule has 1 aliphatic carbocycles. The molecule has 0 spiro atoms. The highest BCUT2D eigenvalue weighted by Crippen LogP contribution is 2.34. The average molecular weight is 396 g/mol. The van der Waals surface area contributed by atoms with E-state index in [0.717, 1.165) is 45.1 Å². The Morgan fingerprint density at radius 3 is 2.19 bits per heavy atom. The largest absolute Gasteiger partial charge is 0.465 e. The van der Waals surface area contributed by atoms with Crippen LogP contribution in [0.5, 0.6) is 0 Å². The van der Waals surface area contributed by atoms with Crippen LogP contribution >= 0.6 is 0 Å². The Bertz CT molecular complexity index is 730. The van der Waals surface area contributed by atoms with E-state index in [1.807, 2.05) is 12.1 Å². The molecule has 27 heavy (non-hydrogen) atoms. The molecule has 3 rings (SSSR count). The first-order valence-electron chi connectivity index (χ1n) is 9.72. The number of nitrogens with zero attached hydrogens (tertiary/aromatic N) is 1. The quantitative estimate of drug-likeness (QED) is 0.825. The number of hydrogen-bond acceptors (Lipinski definition) is 4. The third-order valence-corrected chi connectivity index (χ3v) is 7.04. The molecule has 0 bridgehead atoms. The van der Waals surface area contributed by atoms with E-state index >= 15 is 0 Å². The van der Waals surface area contributed by atoms with Crippen molar-refractivity contribution in [3.05, 3.63) is 29.8 Å². The summed E-state index contributed by atoms with van der Waals surface area (Å²) in [6.07, 6.45) is 6.62. The van der Waals surface area contributed by atoms with Crippen molar-refractivity contribution in [1.29, 1.82) is 0 Å². The smallest absolute Gasteiger partial charge is 0.407 e. The minimum atomic E-state index is -3.14. The second-order valence-electron chi connectivity index (χ2n) is 7.86. The van der Waals surface area contributed by atoms with Crippen molar-refractivity contribution in [2.75, 3.05) is 26.0 Å². The SMILES string of the molecule is CS(=O)(=O)c1ccc(C2CCC(OCC3CCN(C(=O)O)CC3)CC2)cc1. The highest BCUT2D eigenvalue weighted by molar-refractivity contribution is 7.90. The van der Waals surface area contributed by atoms with Gasteiger partial charge in [-0.25, -0.2) is 13.2 Å². The number of sulfone groups is 1. The molecule has 1 N–H and O–H groups in total. The minimum Gasteiger partial charge on any atom is -0.465 e. The lowest BCUT2D eigenvalue weighted by Gasteiger charge is -2.33. The molecule has 1 saturated carbocycles. The number of carbonyl (C=O) groups is 1. The summed E-state index contributed by atoms with van der Waals surface area (Å²) in [7, 11) is -3.14. The molecular formula is C20H29NO5S. The van der Waals surface area contributed by atoms with Crippen LogP contribution in [0.1, 0.15) is 50.0 Å². The van der Waals surface area contributed by atoms with Gasteiger partial charge in [0.25, 0.3) is 0 Å². The number of hydrogen-bond donors (Lipinski definition) is 1. The van der Waals surface area contributed by atoms with Crippen LogP contribution in [0, 0.1) is 5.92 Å². The van der Waals surface area contributed by atoms with Crippen molar-refractivity contribution in [2.45, 2.75) is 55.4 Å². The third-order valence-electron chi connectivity index (χ3n) is 5.91. The van der Waals surface area contributed by atoms with Crippen LogP contribution in [-0.4, -0.2) is 56.6 Å². The molecule has 0 atom stereocenters. The van der Waals surface area contributed by atoms with Gasteiger partial charge in [0.05, 0.1) is 11.0 Å². The molecular weight excluding hydrogens is 366 g/mol. The van der Waals surface area contributed by atoms with Gasteiger partial charge in [0.15, 0.2) is 9.84 Å². The second kappa shape index (κ2) is 8.61. The Morgan fingerprint density at radius 2 is 1.67 bits per heavy atom. The standard InChI is InChI=1S/C20H29NO5S/c1-27(24,25)19-8-4-17(5-9-19)16-2-6-18(7-3-16)26-14-15-10-12-21(13-11-15)20(22)23/h4-5,8-9,15-16,18H,2-3,6-7,10-14H2,1H3,(H,22,23). The lowest BCUT2D eigenvalue weighted by atomic mass is 9.82. The lowest BCUT2D eigenvalue weighted by Crippen LogP contribution is -2.39. The van der Waals surface area contributed by atoms with Crippen molar-refractivity contribution in [3.8, 4) is 0 Å². The fourth-order valence-corrected chi connectivity index (χ4v) is 4.74. The first kappa shape index (κ1) is 20.1. The van der Waals surface area contributed by atoms with Crippen molar-refractivity contribution >= 4 is 15.9 Å². The summed E-state index contributed by atoms with van der Waals surface area (Å²) < 4.78 is 29.3. The van der Waals surface area contributed by atoms with Gasteiger partial charge in [-0.2, -0.15) is 0 Å². The molecule has 2 aliphatic rings. The second-order valence-corrected chi connectivity index (χ2v) is 9.88. The van der Waals surface area contributed by atoms with E-state index in [9.17, 15) is 13.2 Å². The molecule has 2 fully saturated rings. The maximum absolute atomic E-state index is 11.6. The van der Waals surface area contributed by atoms with E-state index < -0.39 is 15.9 Å². The molecule has 0 unspecified atom stereocenters. The molecule has 1 amide bonds. The van der Waals surface area contributed by atoms with E-state index in [0.29, 0.717) is 29.8 Å². The van der Waals surface area contributed by atoms with Crippen LogP contribution < -0.4 is 0 Å². The fraction of sp³-hybridized carbons (Fsp3) is 0.650. The monoisotopic (exact) mass is 395 g/mol. The van der Waals surface area contributed by atoms with Gasteiger partial charge in [-0.3, -0.25) is 0 Å². The highest BCUT2D eigenvalue weighted by Gasteiger charge is 2.26. The van der Waals surface area contributed by atoms with Gasteiger partial charge >= 0.3 is 6.09 Å². The summed E-state index contributed by atoms with van der Waals surface area (Å²) in [4.78, 5) is 12.8. The van der Waals surface area contributed by atoms with E-state index in [2.05, 4.69) is 0 Å². The minimum absolute atomic E-state index is 0.286. The number of amides is 1. The molecule has 1 saturated heterocycles. The molecule has 1 aliphatic heterocycles. The summed E-state index contributed by atoms with van der Waals surface area (Å²) >= 11 is 0. The van der Waals surface area contributed by atoms with Crippen molar-refractivity contribution in [2.24, 2.45) is 5.92 Å². The van der Waals surface area contributed by atoms with Crippen LogP contribution in [0.4, 0.5) is 4.79 Å². The molecule has 6 nitrogen and oxygen atoms in total. The highest BCUT2D eigenvalue weighted by atomic mass is 32.2. The maximum atomic E-state index is 11.6. The Kier molecular flexibility index (Phi) is 6.42. The molecule has 0 radical (unpaired) electrons. The van der Waals surface area contributed by atoms with Gasteiger partial charge in [0.2, 0.25) is 0 Å². The first-order chi connectivity index (χ1) is 12.8. The fourth-order valence-electron chi connectivity index (χ4n) is 4.11. The van der Waals surface area contributed by atoms with Crippen LogP contribution in [0.2, 0.25) is 0 Å². The molecule has 1 aromatic rings. The van der Waals surface area contributed by atoms with Crippen molar-refractivity contribution < 1.29 is 23.1 Å². The molecule has 1 aromatic carbocycles. The van der Waals surface area contributed by atoms with E-state index in [4.69, 9.17) is 9.84 Å². The molecule has 1 heterocycles. The third kappa shape index (κ3) is 5.45. The first-order valence-corrected chi connectivity index (χ1v) is 11.6. The predicted octanol–water partition coefficient (Wildman–Crippen LogP) is 3.52. The van der Waals surface area contributed by atoms with Gasteiger partial charge in [0, 0.05) is 26.0 Å². The van der Waals surface area contributed by atoms with E-state index in [-0.39, 0.29) is 6.10 Å². The summed E-state index contributed by atoms with van der Waals surface area (Å²) in [5.74, 6) is 0.930. The van der Waals surface area contributed by atoms with Crippen LogP contribution in [0.15, 0.2) is 29.2 Å². The Balaban J connectivity index is 1.41. The van der Waals surface area contributed by atoms with Gasteiger partial charge in [-0.15, -0.1) is 0 Å². The zero-order chi connectivity index (χ0) is 19.4. The van der Waals surface area contributed by atoms with Crippen molar-refractivity contribution in [1.82, 2.24) is 4.90 Å². The summed E-state index contributed by atoms with van der Waals surface area (Å²) in [5, 5.41) is 9.00. The molecule has 150 valence electrons. The number of carboxylic acid groups (broad SMARTS) is 1. The number of likely N-dealkylation sites (tertiary alicyclic amines) is 1. The van der Waals surface area contributed by atoms with Gasteiger partial charge in [-0.05, 0) is 68.1 Å². The Hall–Kier alpha value is -1.60. The molecule has 7 heteroatoms. The number of piperidine rings is 1. The topological polar surface area (TPSA) is 83.9 Å². The lowest BCUT2D eigenvalue weighted by molar-refractivity contribution is -0.00672. The number of rotatable bonds is 5. The number of benzene rings is 1. The van der Waals surface area contributed by atoms with Crippen LogP contribution in [-0.2, 0) is 14.6 Å². The van der Waals surface area contributed by atoms with Crippen LogP contribution in [0.25, 0.3) is 0 Å². The van der Waals surface area contributed by atoms with E-state index in [1.165, 1.54) is 16.7 Å². The molecule has 0 aromatic heterocycles. The van der Waals surface area contributed by atoms with Gasteiger partial charge in [0.1, 0.15) is 0 Å². The van der Waals surface area contributed by atoms with Crippen LogP contribution in [0.3, 0.4) is 0 Å². The summed E-state index contributed by atoms with van der Waals surface area (Å²) in [6.45, 7) is 1.95. The van der Waals surface area contributed by atoms with E-state index in [1.54, 1.807) is 12.1 Å². The number of ether oxygens (including phenoxy) is 1. The summed E-state index contributed by atoms with van der Waals surface area (Å²) in [5.41, 5.74) is 1.21. The summed E-state index contributed by atoms with van der Waals surface area (Å²) in [6, 6.07) is 7.30.